The normalized spacial score (nSPS) is 12.1. The van der Waals surface area contributed by atoms with Crippen molar-refractivity contribution in [1.29, 1.82) is 0 Å². The van der Waals surface area contributed by atoms with Gasteiger partial charge in [-0.15, -0.1) is 0 Å². The van der Waals surface area contributed by atoms with Gasteiger partial charge in [-0.1, -0.05) is 61.5 Å². The van der Waals surface area contributed by atoms with Gasteiger partial charge in [0.25, 0.3) is 5.56 Å². The number of benzene rings is 2. The van der Waals surface area contributed by atoms with Crippen LogP contribution in [0.5, 0.6) is 0 Å². The topological polar surface area (TPSA) is 64.1 Å². The lowest BCUT2D eigenvalue weighted by Gasteiger charge is -2.24. The zero-order valence-corrected chi connectivity index (χ0v) is 16.6. The second kappa shape index (κ2) is 8.85. The van der Waals surface area contributed by atoms with Crippen molar-refractivity contribution in [3.8, 4) is 0 Å². The van der Waals surface area contributed by atoms with Crippen molar-refractivity contribution in [1.82, 2.24) is 9.55 Å². The number of ether oxygens (including phenoxy) is 1. The van der Waals surface area contributed by atoms with Gasteiger partial charge in [0, 0.05) is 17.2 Å². The lowest BCUT2D eigenvalue weighted by molar-refractivity contribution is 0.0582. The molecule has 0 aliphatic rings. The van der Waals surface area contributed by atoms with E-state index in [2.05, 4.69) is 31.0 Å². The van der Waals surface area contributed by atoms with E-state index in [1.165, 1.54) is 0 Å². The van der Waals surface area contributed by atoms with Gasteiger partial charge in [-0.05, 0) is 37.0 Å². The molecule has 0 saturated carbocycles. The van der Waals surface area contributed by atoms with Gasteiger partial charge in [-0.3, -0.25) is 14.3 Å². The number of hydrogen-bond acceptors (Lipinski definition) is 3. The fraction of sp³-hybridized carbons (Fsp3) is 0.304. The second-order valence-corrected chi connectivity index (χ2v) is 6.98. The van der Waals surface area contributed by atoms with Crippen LogP contribution in [0.1, 0.15) is 47.2 Å². The minimum atomic E-state index is -0.439. The molecular formula is C23H26N2O3. The Balaban J connectivity index is 2.00. The summed E-state index contributed by atoms with van der Waals surface area (Å²) in [6.07, 6.45) is 0.771. The smallest absolute Gasteiger partial charge is 0.330 e. The standard InChI is InChI=1S/C23H26N2O3/c1-4-19(20-13-9-8-10-16(20)2)21-17(3)22(26)24-23(27)25(21)15-28-14-18-11-6-5-7-12-18/h5-13,19H,4,14-15H2,1-3H3,(H,24,26,27). The van der Waals surface area contributed by atoms with Gasteiger partial charge in [-0.25, -0.2) is 4.79 Å². The third-order valence-corrected chi connectivity index (χ3v) is 5.12. The number of nitrogens with zero attached hydrogens (tertiary/aromatic N) is 1. The predicted octanol–water partition coefficient (Wildman–Crippen LogP) is 3.87. The van der Waals surface area contributed by atoms with Crippen LogP contribution in [0, 0.1) is 13.8 Å². The molecule has 3 aromatic rings. The molecule has 1 heterocycles. The Hall–Kier alpha value is -2.92. The van der Waals surface area contributed by atoms with Gasteiger partial charge < -0.3 is 4.74 Å². The summed E-state index contributed by atoms with van der Waals surface area (Å²) >= 11 is 0. The van der Waals surface area contributed by atoms with Crippen LogP contribution in [0.4, 0.5) is 0 Å². The van der Waals surface area contributed by atoms with E-state index in [4.69, 9.17) is 4.74 Å². The number of aromatic amines is 1. The third kappa shape index (κ3) is 4.15. The highest BCUT2D eigenvalue weighted by atomic mass is 16.5. The van der Waals surface area contributed by atoms with Crippen molar-refractivity contribution in [3.05, 3.63) is 103 Å². The Kier molecular flexibility index (Phi) is 6.26. The van der Waals surface area contributed by atoms with Crippen molar-refractivity contribution >= 4 is 0 Å². The van der Waals surface area contributed by atoms with Crippen molar-refractivity contribution in [2.75, 3.05) is 0 Å². The summed E-state index contributed by atoms with van der Waals surface area (Å²) < 4.78 is 7.38. The molecule has 146 valence electrons. The molecule has 1 aromatic heterocycles. The van der Waals surface area contributed by atoms with Crippen molar-refractivity contribution in [2.24, 2.45) is 0 Å². The molecule has 0 aliphatic carbocycles. The fourth-order valence-corrected chi connectivity index (χ4v) is 3.63. The van der Waals surface area contributed by atoms with E-state index < -0.39 is 5.69 Å². The summed E-state index contributed by atoms with van der Waals surface area (Å²) in [7, 11) is 0. The molecule has 1 unspecified atom stereocenters. The third-order valence-electron chi connectivity index (χ3n) is 5.12. The van der Waals surface area contributed by atoms with E-state index in [0.29, 0.717) is 12.2 Å². The summed E-state index contributed by atoms with van der Waals surface area (Å²) in [6, 6.07) is 17.9. The van der Waals surface area contributed by atoms with E-state index in [1.54, 1.807) is 11.5 Å². The average molecular weight is 378 g/mol. The Bertz CT molecular complexity index is 1050. The zero-order valence-electron chi connectivity index (χ0n) is 16.6. The molecule has 1 atom stereocenters. The van der Waals surface area contributed by atoms with Crippen LogP contribution < -0.4 is 11.2 Å². The Morgan fingerprint density at radius 3 is 2.36 bits per heavy atom. The lowest BCUT2D eigenvalue weighted by Crippen LogP contribution is -2.36. The van der Waals surface area contributed by atoms with Gasteiger partial charge >= 0.3 is 5.69 Å². The Morgan fingerprint density at radius 2 is 1.68 bits per heavy atom. The first-order chi connectivity index (χ1) is 13.5. The van der Waals surface area contributed by atoms with E-state index in [0.717, 1.165) is 28.8 Å². The van der Waals surface area contributed by atoms with Crippen LogP contribution in [0.3, 0.4) is 0 Å². The molecule has 2 aromatic carbocycles. The second-order valence-electron chi connectivity index (χ2n) is 6.98. The molecule has 0 fully saturated rings. The Morgan fingerprint density at radius 1 is 1.00 bits per heavy atom. The monoisotopic (exact) mass is 378 g/mol. The summed E-state index contributed by atoms with van der Waals surface area (Å²) in [4.78, 5) is 27.4. The van der Waals surface area contributed by atoms with Crippen LogP contribution in [-0.2, 0) is 18.1 Å². The summed E-state index contributed by atoms with van der Waals surface area (Å²) in [5.41, 5.74) is 3.78. The maximum atomic E-state index is 12.6. The predicted molar refractivity (Wildman–Crippen MR) is 111 cm³/mol. The summed E-state index contributed by atoms with van der Waals surface area (Å²) in [5.74, 6) is -0.0588. The maximum Gasteiger partial charge on any atom is 0.330 e. The number of aryl methyl sites for hydroxylation is 1. The van der Waals surface area contributed by atoms with E-state index in [9.17, 15) is 9.59 Å². The van der Waals surface area contributed by atoms with Gasteiger partial charge in [-0.2, -0.15) is 0 Å². The van der Waals surface area contributed by atoms with Crippen LogP contribution in [0.15, 0.2) is 64.2 Å². The fourth-order valence-electron chi connectivity index (χ4n) is 3.63. The molecule has 0 amide bonds. The van der Waals surface area contributed by atoms with Crippen LogP contribution in [-0.4, -0.2) is 9.55 Å². The minimum Gasteiger partial charge on any atom is -0.356 e. The van der Waals surface area contributed by atoms with Crippen molar-refractivity contribution in [2.45, 2.75) is 46.4 Å². The minimum absolute atomic E-state index is 0.0588. The number of H-pyrrole nitrogens is 1. The van der Waals surface area contributed by atoms with Crippen LogP contribution in [0.25, 0.3) is 0 Å². The summed E-state index contributed by atoms with van der Waals surface area (Å²) in [6.45, 7) is 6.36. The largest absolute Gasteiger partial charge is 0.356 e. The highest BCUT2D eigenvalue weighted by molar-refractivity contribution is 5.37. The van der Waals surface area contributed by atoms with Gasteiger partial charge in [0.2, 0.25) is 0 Å². The maximum absolute atomic E-state index is 12.6. The molecule has 5 heteroatoms. The number of nitrogens with one attached hydrogen (secondary N) is 1. The van der Waals surface area contributed by atoms with Crippen molar-refractivity contribution in [3.63, 3.8) is 0 Å². The first-order valence-corrected chi connectivity index (χ1v) is 9.53. The van der Waals surface area contributed by atoms with Gasteiger partial charge in [0.1, 0.15) is 6.73 Å². The van der Waals surface area contributed by atoms with E-state index in [-0.39, 0.29) is 18.2 Å². The molecule has 0 aliphatic heterocycles. The van der Waals surface area contributed by atoms with E-state index in [1.807, 2.05) is 42.5 Å². The van der Waals surface area contributed by atoms with Crippen molar-refractivity contribution < 1.29 is 4.74 Å². The average Bonchev–Trinajstić information content (AvgIpc) is 2.70. The molecular weight excluding hydrogens is 352 g/mol. The van der Waals surface area contributed by atoms with Crippen LogP contribution in [0.2, 0.25) is 0 Å². The molecule has 0 saturated heterocycles. The Labute approximate surface area is 164 Å². The lowest BCUT2D eigenvalue weighted by atomic mass is 9.88. The molecule has 3 rings (SSSR count). The zero-order chi connectivity index (χ0) is 20.1. The molecule has 1 N–H and O–H groups in total. The van der Waals surface area contributed by atoms with Gasteiger partial charge in [0.05, 0.1) is 6.61 Å². The quantitative estimate of drug-likeness (QED) is 0.679. The first-order valence-electron chi connectivity index (χ1n) is 9.53. The first kappa shape index (κ1) is 19.8. The molecule has 28 heavy (non-hydrogen) atoms. The van der Waals surface area contributed by atoms with Gasteiger partial charge in [0.15, 0.2) is 0 Å². The highest BCUT2D eigenvalue weighted by Gasteiger charge is 2.22. The molecule has 0 spiro atoms. The molecule has 0 radical (unpaired) electrons. The van der Waals surface area contributed by atoms with E-state index >= 15 is 0 Å². The SMILES string of the molecule is CCC(c1ccccc1C)c1c(C)c(=O)[nH]c(=O)n1COCc1ccccc1. The molecule has 5 nitrogen and oxygen atoms in total. The molecule has 0 bridgehead atoms. The summed E-state index contributed by atoms with van der Waals surface area (Å²) in [5, 5.41) is 0. The van der Waals surface area contributed by atoms with Crippen LogP contribution >= 0.6 is 0 Å². The highest BCUT2D eigenvalue weighted by Crippen LogP contribution is 2.30. The number of rotatable bonds is 7. The number of aromatic nitrogens is 2. The number of hydrogen-bond donors (Lipinski definition) is 1.